The van der Waals surface area contributed by atoms with E-state index in [9.17, 15) is 23.1 Å². The molecule has 1 fully saturated rings. The van der Waals surface area contributed by atoms with Crippen LogP contribution in [0.3, 0.4) is 0 Å². The zero-order valence-electron chi connectivity index (χ0n) is 13.9. The summed E-state index contributed by atoms with van der Waals surface area (Å²) in [5.41, 5.74) is -0.231. The summed E-state index contributed by atoms with van der Waals surface area (Å²) < 4.78 is 38.7. The van der Waals surface area contributed by atoms with Crippen LogP contribution >= 0.6 is 0 Å². The van der Waals surface area contributed by atoms with Gasteiger partial charge in [0.15, 0.2) is 0 Å². The number of hydrogen-bond donors (Lipinski definition) is 1. The summed E-state index contributed by atoms with van der Waals surface area (Å²) in [6.07, 6.45) is -4.73. The number of β-amino-alcohol motifs (C(OH)–C–C–N with tert-alkyl or cyclic N) is 1. The monoisotopic (exact) mass is 344 g/mol. The van der Waals surface area contributed by atoms with Crippen LogP contribution in [-0.2, 0) is 11.0 Å². The van der Waals surface area contributed by atoms with Crippen molar-refractivity contribution in [3.05, 3.63) is 35.4 Å². The third-order valence-corrected chi connectivity index (χ3v) is 4.43. The van der Waals surface area contributed by atoms with Gasteiger partial charge in [-0.3, -0.25) is 9.69 Å². The Morgan fingerprint density at radius 3 is 2.58 bits per heavy atom. The second-order valence-corrected chi connectivity index (χ2v) is 6.02. The van der Waals surface area contributed by atoms with Gasteiger partial charge in [-0.2, -0.15) is 13.2 Å². The largest absolute Gasteiger partial charge is 0.416 e. The summed E-state index contributed by atoms with van der Waals surface area (Å²) in [4.78, 5) is 15.7. The average Bonchev–Trinajstić information content (AvgIpc) is 2.88. The van der Waals surface area contributed by atoms with Gasteiger partial charge in [0.25, 0.3) is 0 Å². The fourth-order valence-corrected chi connectivity index (χ4v) is 3.17. The highest BCUT2D eigenvalue weighted by Gasteiger charge is 2.36. The molecule has 1 amide bonds. The van der Waals surface area contributed by atoms with Gasteiger partial charge in [0.05, 0.1) is 18.2 Å². The van der Waals surface area contributed by atoms with Crippen molar-refractivity contribution < 1.29 is 23.1 Å². The molecule has 2 atom stereocenters. The lowest BCUT2D eigenvalue weighted by Gasteiger charge is -2.27. The number of hydrogen-bond acceptors (Lipinski definition) is 3. The van der Waals surface area contributed by atoms with Crippen LogP contribution in [0.2, 0.25) is 0 Å². The topological polar surface area (TPSA) is 43.8 Å². The van der Waals surface area contributed by atoms with Crippen LogP contribution in [0, 0.1) is 0 Å². The standard InChI is InChI=1S/C17H23F3N2O2/c1-3-21(4-2)16(24)11-22-10-14(23)9-15(22)12-6-5-7-13(8-12)17(18,19)20/h5-8,14-15,23H,3-4,9-11H2,1-2H3. The number of carbonyl (C=O) groups is 1. The summed E-state index contributed by atoms with van der Waals surface area (Å²) in [5.74, 6) is -0.0777. The van der Waals surface area contributed by atoms with Gasteiger partial charge in [0.2, 0.25) is 5.91 Å². The van der Waals surface area contributed by atoms with E-state index in [1.165, 1.54) is 6.07 Å². The Balaban J connectivity index is 2.20. The summed E-state index contributed by atoms with van der Waals surface area (Å²) in [6, 6.07) is 4.74. The smallest absolute Gasteiger partial charge is 0.392 e. The Kier molecular flexibility index (Phi) is 5.87. The summed E-state index contributed by atoms with van der Waals surface area (Å²) in [7, 11) is 0. The maximum atomic E-state index is 12.9. The maximum absolute atomic E-state index is 12.9. The van der Waals surface area contributed by atoms with E-state index in [1.54, 1.807) is 15.9 Å². The van der Waals surface area contributed by atoms with Crippen molar-refractivity contribution in [1.29, 1.82) is 0 Å². The predicted molar refractivity (Wildman–Crippen MR) is 84.3 cm³/mol. The molecule has 134 valence electrons. The van der Waals surface area contributed by atoms with E-state index in [4.69, 9.17) is 0 Å². The lowest BCUT2D eigenvalue weighted by atomic mass is 10.0. The van der Waals surface area contributed by atoms with Gasteiger partial charge in [0, 0.05) is 25.7 Å². The number of alkyl halides is 3. The van der Waals surface area contributed by atoms with Gasteiger partial charge in [-0.1, -0.05) is 12.1 Å². The normalized spacial score (nSPS) is 21.9. The van der Waals surface area contributed by atoms with Gasteiger partial charge in [-0.25, -0.2) is 0 Å². The van der Waals surface area contributed by atoms with E-state index < -0.39 is 17.8 Å². The SMILES string of the molecule is CCN(CC)C(=O)CN1CC(O)CC1c1cccc(C(F)(F)F)c1. The number of likely N-dealkylation sites (N-methyl/N-ethyl adjacent to an activating group) is 1. The Morgan fingerprint density at radius 1 is 1.33 bits per heavy atom. The fourth-order valence-electron chi connectivity index (χ4n) is 3.17. The first kappa shape index (κ1) is 18.7. The minimum Gasteiger partial charge on any atom is -0.392 e. The predicted octanol–water partition coefficient (Wildman–Crippen LogP) is 2.68. The molecule has 4 nitrogen and oxygen atoms in total. The van der Waals surface area contributed by atoms with Crippen LogP contribution in [-0.4, -0.2) is 53.1 Å². The van der Waals surface area contributed by atoms with Crippen LogP contribution in [0.4, 0.5) is 13.2 Å². The zero-order chi connectivity index (χ0) is 17.9. The van der Waals surface area contributed by atoms with Crippen LogP contribution in [0.25, 0.3) is 0 Å². The lowest BCUT2D eigenvalue weighted by Crippen LogP contribution is -2.40. The highest BCUT2D eigenvalue weighted by atomic mass is 19.4. The van der Waals surface area contributed by atoms with E-state index in [-0.39, 0.29) is 25.0 Å². The number of amides is 1. The van der Waals surface area contributed by atoms with Crippen molar-refractivity contribution in [3.63, 3.8) is 0 Å². The minimum atomic E-state index is -4.41. The fraction of sp³-hybridized carbons (Fsp3) is 0.588. The molecular formula is C17H23F3N2O2. The molecule has 24 heavy (non-hydrogen) atoms. The molecule has 0 saturated carbocycles. The zero-order valence-corrected chi connectivity index (χ0v) is 13.9. The molecule has 1 aromatic carbocycles. The minimum absolute atomic E-state index is 0.0777. The first-order chi connectivity index (χ1) is 11.3. The van der Waals surface area contributed by atoms with E-state index in [2.05, 4.69) is 0 Å². The van der Waals surface area contributed by atoms with Gasteiger partial charge >= 0.3 is 6.18 Å². The molecule has 7 heteroatoms. The van der Waals surface area contributed by atoms with Gasteiger partial charge < -0.3 is 10.0 Å². The number of aliphatic hydroxyl groups is 1. The molecular weight excluding hydrogens is 321 g/mol. The lowest BCUT2D eigenvalue weighted by molar-refractivity contribution is -0.137. The maximum Gasteiger partial charge on any atom is 0.416 e. The number of carbonyl (C=O) groups excluding carboxylic acids is 1. The third kappa shape index (κ3) is 4.27. The molecule has 1 aromatic rings. The quantitative estimate of drug-likeness (QED) is 0.893. The molecule has 0 radical (unpaired) electrons. The molecule has 1 N–H and O–H groups in total. The molecule has 1 aliphatic heterocycles. The Morgan fingerprint density at radius 2 is 2.00 bits per heavy atom. The van der Waals surface area contributed by atoms with Crippen molar-refractivity contribution >= 4 is 5.91 Å². The molecule has 0 aliphatic carbocycles. The van der Waals surface area contributed by atoms with Gasteiger partial charge in [-0.15, -0.1) is 0 Å². The van der Waals surface area contributed by atoms with E-state index in [0.29, 0.717) is 25.1 Å². The van der Waals surface area contributed by atoms with Gasteiger partial charge in [0.1, 0.15) is 0 Å². The molecule has 0 spiro atoms. The third-order valence-electron chi connectivity index (χ3n) is 4.43. The summed E-state index contributed by atoms with van der Waals surface area (Å²) >= 11 is 0. The molecule has 1 heterocycles. The summed E-state index contributed by atoms with van der Waals surface area (Å²) in [5, 5.41) is 9.94. The van der Waals surface area contributed by atoms with Crippen molar-refractivity contribution in [1.82, 2.24) is 9.80 Å². The second kappa shape index (κ2) is 7.53. The summed E-state index contributed by atoms with van der Waals surface area (Å²) in [6.45, 7) is 5.31. The molecule has 1 aliphatic rings. The molecule has 1 saturated heterocycles. The van der Waals surface area contributed by atoms with Crippen LogP contribution < -0.4 is 0 Å². The number of nitrogens with zero attached hydrogens (tertiary/aromatic N) is 2. The first-order valence-corrected chi connectivity index (χ1v) is 8.13. The molecule has 2 rings (SSSR count). The van der Waals surface area contributed by atoms with Crippen molar-refractivity contribution in [3.8, 4) is 0 Å². The highest BCUT2D eigenvalue weighted by Crippen LogP contribution is 2.36. The highest BCUT2D eigenvalue weighted by molar-refractivity contribution is 5.78. The van der Waals surface area contributed by atoms with Gasteiger partial charge in [-0.05, 0) is 38.0 Å². The molecule has 0 aromatic heterocycles. The Bertz CT molecular complexity index is 573. The second-order valence-electron chi connectivity index (χ2n) is 6.02. The first-order valence-electron chi connectivity index (χ1n) is 8.13. The van der Waals surface area contributed by atoms with Crippen molar-refractivity contribution in [2.24, 2.45) is 0 Å². The van der Waals surface area contributed by atoms with Crippen molar-refractivity contribution in [2.75, 3.05) is 26.2 Å². The molecule has 0 bridgehead atoms. The van der Waals surface area contributed by atoms with Crippen LogP contribution in [0.5, 0.6) is 0 Å². The Labute approximate surface area is 139 Å². The van der Waals surface area contributed by atoms with E-state index in [0.717, 1.165) is 12.1 Å². The van der Waals surface area contributed by atoms with Crippen LogP contribution in [0.1, 0.15) is 37.4 Å². The average molecular weight is 344 g/mol. The van der Waals surface area contributed by atoms with E-state index >= 15 is 0 Å². The van der Waals surface area contributed by atoms with Crippen molar-refractivity contribution in [2.45, 2.75) is 38.6 Å². The number of benzene rings is 1. The number of aliphatic hydroxyl groups excluding tert-OH is 1. The van der Waals surface area contributed by atoms with E-state index in [1.807, 2.05) is 13.8 Å². The Hall–Kier alpha value is -1.60. The number of likely N-dealkylation sites (tertiary alicyclic amines) is 1. The number of halogens is 3. The van der Waals surface area contributed by atoms with Crippen LogP contribution in [0.15, 0.2) is 24.3 Å². The molecule has 2 unspecified atom stereocenters. The number of rotatable bonds is 5.